The molecule has 6 nitrogen and oxygen atoms in total. The molecule has 0 saturated carbocycles. The summed E-state index contributed by atoms with van der Waals surface area (Å²) in [6.45, 7) is 2.04. The lowest BCUT2D eigenvalue weighted by Crippen LogP contribution is -2.11. The fraction of sp³-hybridized carbons (Fsp3) is 0.250. The summed E-state index contributed by atoms with van der Waals surface area (Å²) in [7, 11) is 1.35. The number of amides is 1. The first-order chi connectivity index (χ1) is 12.5. The summed E-state index contributed by atoms with van der Waals surface area (Å²) in [5.41, 5.74) is 7.64. The van der Waals surface area contributed by atoms with Crippen molar-refractivity contribution in [2.75, 3.05) is 7.11 Å². The molecule has 2 aromatic rings. The van der Waals surface area contributed by atoms with Gasteiger partial charge in [0.05, 0.1) is 18.7 Å². The third kappa shape index (κ3) is 3.45. The van der Waals surface area contributed by atoms with Crippen molar-refractivity contribution in [3.8, 4) is 34.8 Å². The molecule has 132 valence electrons. The third-order valence-corrected chi connectivity index (χ3v) is 4.18. The summed E-state index contributed by atoms with van der Waals surface area (Å²) in [5.74, 6) is -0.803. The number of phenolic OH excluding ortho intramolecular Hbond substituents is 1. The average molecular weight is 349 g/mol. The number of primary amides is 1. The summed E-state index contributed by atoms with van der Waals surface area (Å²) in [4.78, 5) is 11.5. The van der Waals surface area contributed by atoms with Gasteiger partial charge in [-0.2, -0.15) is 10.5 Å². The van der Waals surface area contributed by atoms with Crippen LogP contribution >= 0.6 is 0 Å². The van der Waals surface area contributed by atoms with Gasteiger partial charge in [-0.1, -0.05) is 19.4 Å². The predicted octanol–water partition coefficient (Wildman–Crippen LogP) is 3.25. The number of aryl methyl sites for hydroxylation is 1. The van der Waals surface area contributed by atoms with E-state index in [9.17, 15) is 20.4 Å². The second-order valence-electron chi connectivity index (χ2n) is 5.79. The normalized spacial score (nSPS) is 10.0. The molecule has 2 aromatic carbocycles. The highest BCUT2D eigenvalue weighted by Crippen LogP contribution is 2.41. The fourth-order valence-corrected chi connectivity index (χ4v) is 2.85. The van der Waals surface area contributed by atoms with E-state index in [1.54, 1.807) is 18.2 Å². The number of hydrogen-bond acceptors (Lipinski definition) is 5. The molecule has 0 aliphatic carbocycles. The van der Waals surface area contributed by atoms with E-state index >= 15 is 0 Å². The molecule has 0 unspecified atom stereocenters. The molecule has 0 bridgehead atoms. The van der Waals surface area contributed by atoms with Crippen LogP contribution in [-0.2, 0) is 6.42 Å². The second kappa shape index (κ2) is 8.04. The first-order valence-corrected chi connectivity index (χ1v) is 8.15. The Morgan fingerprint density at radius 3 is 2.54 bits per heavy atom. The maximum absolute atomic E-state index is 11.5. The number of nitriles is 2. The van der Waals surface area contributed by atoms with Crippen molar-refractivity contribution in [2.24, 2.45) is 5.73 Å². The topological polar surface area (TPSA) is 120 Å². The zero-order chi connectivity index (χ0) is 19.3. The Morgan fingerprint density at radius 2 is 2.00 bits per heavy atom. The van der Waals surface area contributed by atoms with E-state index < -0.39 is 5.91 Å². The number of nitrogens with zero attached hydrogens (tertiary/aromatic N) is 2. The number of hydrogen-bond donors (Lipinski definition) is 2. The highest BCUT2D eigenvalue weighted by Gasteiger charge is 2.22. The number of aromatic hydroxyl groups is 1. The lowest BCUT2D eigenvalue weighted by Gasteiger charge is -2.16. The molecule has 0 radical (unpaired) electrons. The number of unbranched alkanes of at least 4 members (excludes halogenated alkanes) is 1. The van der Waals surface area contributed by atoms with Crippen molar-refractivity contribution in [1.82, 2.24) is 0 Å². The van der Waals surface area contributed by atoms with Crippen LogP contribution in [0.1, 0.15) is 46.8 Å². The molecular formula is C20H19N3O3. The van der Waals surface area contributed by atoms with Crippen LogP contribution in [0.15, 0.2) is 24.3 Å². The molecule has 0 heterocycles. The molecule has 0 aromatic heterocycles. The smallest absolute Gasteiger partial charge is 0.248 e. The van der Waals surface area contributed by atoms with Gasteiger partial charge in [-0.3, -0.25) is 4.79 Å². The van der Waals surface area contributed by atoms with E-state index in [4.69, 9.17) is 10.5 Å². The minimum Gasteiger partial charge on any atom is -0.503 e. The molecule has 26 heavy (non-hydrogen) atoms. The molecule has 0 saturated heterocycles. The van der Waals surface area contributed by atoms with Crippen molar-refractivity contribution < 1.29 is 14.6 Å². The van der Waals surface area contributed by atoms with Crippen LogP contribution in [0.4, 0.5) is 0 Å². The standard InChI is InChI=1S/C20H19N3O3/c1-3-4-5-12-8-13(20(23)25)6-7-15(12)18-14(10-21)9-17(26-2)19(24)16(18)11-22/h6-9,24H,3-5H2,1-2H3,(H2,23,25). The lowest BCUT2D eigenvalue weighted by atomic mass is 9.88. The molecule has 6 heteroatoms. The van der Waals surface area contributed by atoms with Crippen LogP contribution in [0.2, 0.25) is 0 Å². The Hall–Kier alpha value is -3.51. The molecule has 0 aliphatic rings. The van der Waals surface area contributed by atoms with Gasteiger partial charge in [0.2, 0.25) is 5.91 Å². The summed E-state index contributed by atoms with van der Waals surface area (Å²) < 4.78 is 5.05. The second-order valence-corrected chi connectivity index (χ2v) is 5.79. The van der Waals surface area contributed by atoms with Crippen molar-refractivity contribution in [1.29, 1.82) is 10.5 Å². The highest BCUT2D eigenvalue weighted by molar-refractivity contribution is 5.94. The summed E-state index contributed by atoms with van der Waals surface area (Å²) >= 11 is 0. The summed E-state index contributed by atoms with van der Waals surface area (Å²) in [5, 5.41) is 29.4. The minimum absolute atomic E-state index is 0.0366. The van der Waals surface area contributed by atoms with E-state index in [2.05, 4.69) is 6.07 Å². The lowest BCUT2D eigenvalue weighted by molar-refractivity contribution is 0.1000. The van der Waals surface area contributed by atoms with Crippen LogP contribution in [-0.4, -0.2) is 18.1 Å². The van der Waals surface area contributed by atoms with Crippen LogP contribution in [0.25, 0.3) is 11.1 Å². The molecule has 0 fully saturated rings. The monoisotopic (exact) mass is 349 g/mol. The Labute approximate surface area is 152 Å². The highest BCUT2D eigenvalue weighted by atomic mass is 16.5. The van der Waals surface area contributed by atoms with Gasteiger partial charge >= 0.3 is 0 Å². The van der Waals surface area contributed by atoms with Gasteiger partial charge in [0.1, 0.15) is 11.6 Å². The number of carbonyl (C=O) groups is 1. The maximum Gasteiger partial charge on any atom is 0.248 e. The van der Waals surface area contributed by atoms with E-state index in [1.165, 1.54) is 13.2 Å². The van der Waals surface area contributed by atoms with Gasteiger partial charge in [0.15, 0.2) is 11.5 Å². The van der Waals surface area contributed by atoms with Gasteiger partial charge in [-0.15, -0.1) is 0 Å². The first-order valence-electron chi connectivity index (χ1n) is 8.15. The predicted molar refractivity (Wildman–Crippen MR) is 96.7 cm³/mol. The Bertz CT molecular complexity index is 937. The van der Waals surface area contributed by atoms with E-state index in [1.807, 2.05) is 13.0 Å². The van der Waals surface area contributed by atoms with Crippen molar-refractivity contribution in [3.63, 3.8) is 0 Å². The van der Waals surface area contributed by atoms with Crippen LogP contribution in [0, 0.1) is 22.7 Å². The number of methoxy groups -OCH3 is 1. The zero-order valence-corrected chi connectivity index (χ0v) is 14.7. The van der Waals surface area contributed by atoms with Gasteiger partial charge < -0.3 is 15.6 Å². The van der Waals surface area contributed by atoms with E-state index in [0.717, 1.165) is 18.4 Å². The molecular weight excluding hydrogens is 330 g/mol. The number of carbonyl (C=O) groups excluding carboxylic acids is 1. The van der Waals surface area contributed by atoms with Gasteiger partial charge in [0.25, 0.3) is 0 Å². The number of rotatable bonds is 6. The number of phenols is 1. The van der Waals surface area contributed by atoms with E-state index in [0.29, 0.717) is 23.1 Å². The van der Waals surface area contributed by atoms with Gasteiger partial charge in [0, 0.05) is 17.2 Å². The number of nitrogens with two attached hydrogens (primary N) is 1. The largest absolute Gasteiger partial charge is 0.503 e. The van der Waals surface area contributed by atoms with Gasteiger partial charge in [-0.05, 0) is 36.1 Å². The van der Waals surface area contributed by atoms with E-state index in [-0.39, 0.29) is 22.6 Å². The van der Waals surface area contributed by atoms with Crippen LogP contribution < -0.4 is 10.5 Å². The van der Waals surface area contributed by atoms with Crippen molar-refractivity contribution >= 4 is 5.91 Å². The number of benzene rings is 2. The molecule has 0 atom stereocenters. The molecule has 0 aliphatic heterocycles. The molecule has 2 rings (SSSR count). The SMILES string of the molecule is CCCCc1cc(C(N)=O)ccc1-c1c(C#N)cc(OC)c(O)c1C#N. The average Bonchev–Trinajstić information content (AvgIpc) is 2.65. The summed E-state index contributed by atoms with van der Waals surface area (Å²) in [6.07, 6.45) is 2.45. The maximum atomic E-state index is 11.5. The van der Waals surface area contributed by atoms with Crippen molar-refractivity contribution in [3.05, 3.63) is 46.5 Å². The number of ether oxygens (including phenoxy) is 1. The van der Waals surface area contributed by atoms with Crippen LogP contribution in [0.5, 0.6) is 11.5 Å². The van der Waals surface area contributed by atoms with Crippen LogP contribution in [0.3, 0.4) is 0 Å². The Balaban J connectivity index is 2.83. The quantitative estimate of drug-likeness (QED) is 0.829. The molecule has 0 spiro atoms. The third-order valence-electron chi connectivity index (χ3n) is 4.18. The van der Waals surface area contributed by atoms with Gasteiger partial charge in [-0.25, -0.2) is 0 Å². The molecule has 1 amide bonds. The fourth-order valence-electron chi connectivity index (χ4n) is 2.85. The zero-order valence-electron chi connectivity index (χ0n) is 14.7. The molecule has 3 N–H and O–H groups in total. The Kier molecular flexibility index (Phi) is 5.82. The first kappa shape index (κ1) is 18.8. The summed E-state index contributed by atoms with van der Waals surface area (Å²) in [6, 6.07) is 10.3. The van der Waals surface area contributed by atoms with Crippen molar-refractivity contribution in [2.45, 2.75) is 26.2 Å². The Morgan fingerprint density at radius 1 is 1.27 bits per heavy atom. The minimum atomic E-state index is -0.548.